The molecule has 0 aliphatic carbocycles. The lowest BCUT2D eigenvalue weighted by atomic mass is 10.3. The van der Waals surface area contributed by atoms with Gasteiger partial charge in [0.25, 0.3) is 0 Å². The molecule has 5 heteroatoms. The maximum absolute atomic E-state index is 12.8. The SMILES string of the molecule is Fc1cc(Oc2ccc(F)c(F)c2)ccn1. The number of aromatic nitrogens is 1. The van der Waals surface area contributed by atoms with Crippen molar-refractivity contribution in [3.63, 3.8) is 0 Å². The van der Waals surface area contributed by atoms with Crippen LogP contribution in [0.5, 0.6) is 11.5 Å². The first kappa shape index (κ1) is 10.5. The minimum atomic E-state index is -1.02. The van der Waals surface area contributed by atoms with Crippen molar-refractivity contribution in [1.82, 2.24) is 4.98 Å². The molecule has 1 heterocycles. The maximum atomic E-state index is 12.8. The van der Waals surface area contributed by atoms with Crippen LogP contribution in [-0.4, -0.2) is 4.98 Å². The normalized spacial score (nSPS) is 10.2. The van der Waals surface area contributed by atoms with E-state index in [0.717, 1.165) is 18.2 Å². The molecule has 2 aromatic rings. The summed E-state index contributed by atoms with van der Waals surface area (Å²) < 4.78 is 43.2. The zero-order chi connectivity index (χ0) is 11.5. The van der Waals surface area contributed by atoms with Crippen molar-refractivity contribution in [3.8, 4) is 11.5 Å². The molecule has 1 aromatic carbocycles. The molecule has 0 N–H and O–H groups in total. The van der Waals surface area contributed by atoms with Gasteiger partial charge in [0.05, 0.1) is 0 Å². The molecular formula is C11H6F3NO. The number of halogens is 3. The summed E-state index contributed by atoms with van der Waals surface area (Å²) in [7, 11) is 0. The molecule has 0 radical (unpaired) electrons. The Hall–Kier alpha value is -2.04. The van der Waals surface area contributed by atoms with Gasteiger partial charge in [0.1, 0.15) is 11.5 Å². The van der Waals surface area contributed by atoms with E-state index in [1.165, 1.54) is 18.3 Å². The summed E-state index contributed by atoms with van der Waals surface area (Å²) in [6.45, 7) is 0. The van der Waals surface area contributed by atoms with Gasteiger partial charge in [-0.2, -0.15) is 4.39 Å². The van der Waals surface area contributed by atoms with Gasteiger partial charge in [0, 0.05) is 18.3 Å². The van der Waals surface area contributed by atoms with Crippen molar-refractivity contribution < 1.29 is 17.9 Å². The zero-order valence-electron chi connectivity index (χ0n) is 7.95. The molecule has 16 heavy (non-hydrogen) atoms. The van der Waals surface area contributed by atoms with E-state index in [1.807, 2.05) is 0 Å². The van der Waals surface area contributed by atoms with Crippen LogP contribution in [0.4, 0.5) is 13.2 Å². The van der Waals surface area contributed by atoms with Crippen molar-refractivity contribution in [2.75, 3.05) is 0 Å². The van der Waals surface area contributed by atoms with E-state index >= 15 is 0 Å². The average Bonchev–Trinajstić information content (AvgIpc) is 2.24. The van der Waals surface area contributed by atoms with Gasteiger partial charge in [-0.3, -0.25) is 0 Å². The first-order chi connectivity index (χ1) is 7.65. The fourth-order valence-corrected chi connectivity index (χ4v) is 1.12. The number of hydrogen-bond acceptors (Lipinski definition) is 2. The van der Waals surface area contributed by atoms with Crippen LogP contribution in [0.25, 0.3) is 0 Å². The van der Waals surface area contributed by atoms with Crippen LogP contribution in [0.2, 0.25) is 0 Å². The molecule has 0 aliphatic heterocycles. The van der Waals surface area contributed by atoms with Crippen LogP contribution in [0.15, 0.2) is 36.5 Å². The van der Waals surface area contributed by atoms with Crippen LogP contribution < -0.4 is 4.74 Å². The molecule has 2 rings (SSSR count). The first-order valence-electron chi connectivity index (χ1n) is 4.39. The summed E-state index contributed by atoms with van der Waals surface area (Å²) in [6, 6.07) is 5.51. The van der Waals surface area contributed by atoms with Gasteiger partial charge >= 0.3 is 0 Å². The van der Waals surface area contributed by atoms with E-state index in [2.05, 4.69) is 4.98 Å². The minimum Gasteiger partial charge on any atom is -0.457 e. The quantitative estimate of drug-likeness (QED) is 0.731. The Bertz CT molecular complexity index is 516. The number of nitrogens with zero attached hydrogens (tertiary/aromatic N) is 1. The van der Waals surface area contributed by atoms with E-state index in [0.29, 0.717) is 0 Å². The van der Waals surface area contributed by atoms with Crippen LogP contribution in [0, 0.1) is 17.6 Å². The lowest BCUT2D eigenvalue weighted by molar-refractivity contribution is 0.455. The monoisotopic (exact) mass is 225 g/mol. The lowest BCUT2D eigenvalue weighted by Crippen LogP contribution is -1.89. The van der Waals surface area contributed by atoms with Gasteiger partial charge in [0.2, 0.25) is 5.95 Å². The zero-order valence-corrected chi connectivity index (χ0v) is 7.95. The number of hydrogen-bond donors (Lipinski definition) is 0. The van der Waals surface area contributed by atoms with Gasteiger partial charge < -0.3 is 4.74 Å². The highest BCUT2D eigenvalue weighted by Gasteiger charge is 2.04. The molecule has 0 aliphatic rings. The maximum Gasteiger partial charge on any atom is 0.216 e. The van der Waals surface area contributed by atoms with E-state index in [4.69, 9.17) is 4.74 Å². The molecule has 0 atom stereocenters. The van der Waals surface area contributed by atoms with Gasteiger partial charge in [0.15, 0.2) is 11.6 Å². The third kappa shape index (κ3) is 2.31. The molecule has 0 spiro atoms. The minimum absolute atomic E-state index is 0.0875. The summed E-state index contributed by atoms with van der Waals surface area (Å²) in [4.78, 5) is 3.33. The van der Waals surface area contributed by atoms with Crippen molar-refractivity contribution in [2.45, 2.75) is 0 Å². The molecule has 2 nitrogen and oxygen atoms in total. The molecule has 0 bridgehead atoms. The average molecular weight is 225 g/mol. The van der Waals surface area contributed by atoms with E-state index in [1.54, 1.807) is 0 Å². The first-order valence-corrected chi connectivity index (χ1v) is 4.39. The molecule has 0 fully saturated rings. The Morgan fingerprint density at radius 2 is 1.62 bits per heavy atom. The molecule has 82 valence electrons. The second kappa shape index (κ2) is 4.22. The van der Waals surface area contributed by atoms with Crippen LogP contribution in [-0.2, 0) is 0 Å². The fourth-order valence-electron chi connectivity index (χ4n) is 1.12. The number of ether oxygens (including phenoxy) is 1. The largest absolute Gasteiger partial charge is 0.457 e. The number of pyridine rings is 1. The molecule has 0 amide bonds. The topological polar surface area (TPSA) is 22.1 Å². The summed E-state index contributed by atoms with van der Waals surface area (Å²) >= 11 is 0. The lowest BCUT2D eigenvalue weighted by Gasteiger charge is -2.05. The van der Waals surface area contributed by atoms with Crippen molar-refractivity contribution in [1.29, 1.82) is 0 Å². The molecule has 0 saturated heterocycles. The standard InChI is InChI=1S/C11H6F3NO/c12-9-2-1-7(5-10(9)13)16-8-3-4-15-11(14)6-8/h1-6H. The second-order valence-electron chi connectivity index (χ2n) is 2.99. The Labute approximate surface area is 89.3 Å². The summed E-state index contributed by atoms with van der Waals surface area (Å²) in [5.41, 5.74) is 0. The van der Waals surface area contributed by atoms with Crippen LogP contribution in [0.1, 0.15) is 0 Å². The number of benzene rings is 1. The molecular weight excluding hydrogens is 219 g/mol. The van der Waals surface area contributed by atoms with Crippen LogP contribution in [0.3, 0.4) is 0 Å². The van der Waals surface area contributed by atoms with Crippen molar-refractivity contribution >= 4 is 0 Å². The van der Waals surface area contributed by atoms with E-state index < -0.39 is 17.6 Å². The number of rotatable bonds is 2. The Kier molecular flexibility index (Phi) is 2.76. The molecule has 1 aromatic heterocycles. The predicted molar refractivity (Wildman–Crippen MR) is 50.6 cm³/mol. The summed E-state index contributed by atoms with van der Waals surface area (Å²) in [5, 5.41) is 0. The van der Waals surface area contributed by atoms with Crippen molar-refractivity contribution in [3.05, 3.63) is 54.1 Å². The second-order valence-corrected chi connectivity index (χ2v) is 2.99. The van der Waals surface area contributed by atoms with E-state index in [9.17, 15) is 13.2 Å². The van der Waals surface area contributed by atoms with Gasteiger partial charge in [-0.05, 0) is 18.2 Å². The van der Waals surface area contributed by atoms with Gasteiger partial charge in [-0.25, -0.2) is 13.8 Å². The van der Waals surface area contributed by atoms with Gasteiger partial charge in [-0.1, -0.05) is 0 Å². The highest BCUT2D eigenvalue weighted by Crippen LogP contribution is 2.22. The smallest absolute Gasteiger partial charge is 0.216 e. The Balaban J connectivity index is 2.24. The highest BCUT2D eigenvalue weighted by atomic mass is 19.2. The third-order valence-corrected chi connectivity index (χ3v) is 1.82. The molecule has 0 unspecified atom stereocenters. The van der Waals surface area contributed by atoms with E-state index in [-0.39, 0.29) is 11.5 Å². The molecule has 0 saturated carbocycles. The summed E-state index contributed by atoms with van der Waals surface area (Å²) in [5.74, 6) is -2.44. The van der Waals surface area contributed by atoms with Crippen LogP contribution >= 0.6 is 0 Å². The predicted octanol–water partition coefficient (Wildman–Crippen LogP) is 3.29. The Morgan fingerprint density at radius 1 is 0.875 bits per heavy atom. The fraction of sp³-hybridized carbons (Fsp3) is 0. The highest BCUT2D eigenvalue weighted by molar-refractivity contribution is 5.30. The third-order valence-electron chi connectivity index (χ3n) is 1.82. The van der Waals surface area contributed by atoms with Gasteiger partial charge in [-0.15, -0.1) is 0 Å². The Morgan fingerprint density at radius 3 is 2.31 bits per heavy atom. The summed E-state index contributed by atoms with van der Waals surface area (Å²) in [6.07, 6.45) is 1.21. The van der Waals surface area contributed by atoms with Crippen molar-refractivity contribution in [2.24, 2.45) is 0 Å².